The molecular formula is C10H13FN2O5. The average Bonchev–Trinajstić information content (AvgIpc) is 2.61. The highest BCUT2D eigenvalue weighted by Gasteiger charge is 2.45. The van der Waals surface area contributed by atoms with Crippen molar-refractivity contribution in [2.45, 2.75) is 31.5 Å². The van der Waals surface area contributed by atoms with Gasteiger partial charge in [-0.25, -0.2) is 9.18 Å². The second-order valence-corrected chi connectivity index (χ2v) is 4.16. The summed E-state index contributed by atoms with van der Waals surface area (Å²) in [6.07, 6.45) is -4.64. The zero-order chi connectivity index (χ0) is 13.4. The van der Waals surface area contributed by atoms with Gasteiger partial charge >= 0.3 is 5.69 Å². The molecule has 0 spiro atoms. The Morgan fingerprint density at radius 2 is 2.22 bits per heavy atom. The first-order valence-electron chi connectivity index (χ1n) is 5.36. The normalized spacial score (nSPS) is 31.8. The first-order chi connectivity index (χ1) is 8.45. The molecule has 7 nitrogen and oxygen atoms in total. The quantitative estimate of drug-likeness (QED) is 0.595. The van der Waals surface area contributed by atoms with E-state index in [0.29, 0.717) is 0 Å². The lowest BCUT2D eigenvalue weighted by Gasteiger charge is -2.17. The molecule has 0 radical (unpaired) electrons. The zero-order valence-electron chi connectivity index (χ0n) is 9.54. The molecule has 0 bridgehead atoms. The monoisotopic (exact) mass is 259 g/mol. The molecule has 18 heavy (non-hydrogen) atoms. The number of aryl methyl sites for hydroxylation is 1. The van der Waals surface area contributed by atoms with Crippen molar-refractivity contribution in [3.63, 3.8) is 0 Å². The van der Waals surface area contributed by atoms with E-state index in [2.05, 4.69) is 0 Å². The number of halogens is 1. The molecule has 1 aromatic rings. The van der Waals surface area contributed by atoms with Gasteiger partial charge in [-0.3, -0.25) is 14.3 Å². The minimum Gasteiger partial charge on any atom is -0.394 e. The van der Waals surface area contributed by atoms with Gasteiger partial charge in [0.05, 0.1) is 6.61 Å². The fourth-order valence-corrected chi connectivity index (χ4v) is 1.86. The van der Waals surface area contributed by atoms with Gasteiger partial charge in [0, 0.05) is 11.8 Å². The number of aliphatic hydroxyl groups is 2. The predicted molar refractivity (Wildman–Crippen MR) is 58.0 cm³/mol. The largest absolute Gasteiger partial charge is 0.394 e. The number of hydrogen-bond acceptors (Lipinski definition) is 5. The summed E-state index contributed by atoms with van der Waals surface area (Å²) >= 11 is 0. The lowest BCUT2D eigenvalue weighted by Crippen LogP contribution is -2.37. The van der Waals surface area contributed by atoms with E-state index in [4.69, 9.17) is 9.84 Å². The maximum Gasteiger partial charge on any atom is 0.330 e. The van der Waals surface area contributed by atoms with Gasteiger partial charge in [0.2, 0.25) is 0 Å². The summed E-state index contributed by atoms with van der Waals surface area (Å²) in [6.45, 7) is 0.859. The summed E-state index contributed by atoms with van der Waals surface area (Å²) < 4.78 is 19.5. The predicted octanol–water partition coefficient (Wildman–Crippen LogP) is -1.57. The van der Waals surface area contributed by atoms with Crippen LogP contribution in [0.2, 0.25) is 0 Å². The lowest BCUT2D eigenvalue weighted by atomic mass is 10.1. The van der Waals surface area contributed by atoms with Gasteiger partial charge < -0.3 is 14.9 Å². The third-order valence-corrected chi connectivity index (χ3v) is 2.89. The van der Waals surface area contributed by atoms with Crippen LogP contribution in [0.3, 0.4) is 0 Å². The molecule has 0 aliphatic carbocycles. The maximum atomic E-state index is 13.5. The van der Waals surface area contributed by atoms with Crippen molar-refractivity contribution in [2.75, 3.05) is 6.61 Å². The van der Waals surface area contributed by atoms with E-state index >= 15 is 0 Å². The first-order valence-corrected chi connectivity index (χ1v) is 5.36. The van der Waals surface area contributed by atoms with Gasteiger partial charge in [-0.2, -0.15) is 0 Å². The number of aromatic nitrogens is 2. The lowest BCUT2D eigenvalue weighted by molar-refractivity contribution is -0.0538. The Morgan fingerprint density at radius 3 is 2.78 bits per heavy atom. The topological polar surface area (TPSA) is 105 Å². The number of aliphatic hydroxyl groups excluding tert-OH is 2. The molecule has 0 amide bonds. The first kappa shape index (κ1) is 12.9. The Bertz CT molecular complexity index is 554. The van der Waals surface area contributed by atoms with Crippen molar-refractivity contribution in [1.82, 2.24) is 9.55 Å². The van der Waals surface area contributed by atoms with Crippen LogP contribution in [-0.2, 0) is 4.74 Å². The summed E-state index contributed by atoms with van der Waals surface area (Å²) in [5.74, 6) is 0. The van der Waals surface area contributed by atoms with Crippen LogP contribution >= 0.6 is 0 Å². The number of H-pyrrole nitrogens is 1. The number of aromatic amines is 1. The maximum absolute atomic E-state index is 13.5. The number of alkyl halides is 1. The molecule has 0 aromatic carbocycles. The number of hydrogen-bond donors (Lipinski definition) is 3. The van der Waals surface area contributed by atoms with Crippen molar-refractivity contribution >= 4 is 0 Å². The Labute approximate surface area is 100 Å². The summed E-state index contributed by atoms with van der Waals surface area (Å²) in [6, 6.07) is 0. The summed E-state index contributed by atoms with van der Waals surface area (Å²) in [4.78, 5) is 24.8. The van der Waals surface area contributed by atoms with E-state index in [9.17, 15) is 19.1 Å². The van der Waals surface area contributed by atoms with Crippen molar-refractivity contribution in [2.24, 2.45) is 0 Å². The van der Waals surface area contributed by atoms with Crippen LogP contribution < -0.4 is 11.2 Å². The second kappa shape index (κ2) is 4.63. The van der Waals surface area contributed by atoms with Crippen molar-refractivity contribution in [3.05, 3.63) is 32.6 Å². The van der Waals surface area contributed by atoms with Gasteiger partial charge in [-0.05, 0) is 6.92 Å². The van der Waals surface area contributed by atoms with Crippen molar-refractivity contribution in [1.29, 1.82) is 0 Å². The number of nitrogens with one attached hydrogen (secondary N) is 1. The van der Waals surface area contributed by atoms with Gasteiger partial charge in [0.15, 0.2) is 12.4 Å². The minimum absolute atomic E-state index is 0.230. The zero-order valence-corrected chi connectivity index (χ0v) is 9.54. The molecule has 1 aliphatic rings. The van der Waals surface area contributed by atoms with Crippen molar-refractivity contribution < 1.29 is 19.3 Å². The van der Waals surface area contributed by atoms with E-state index in [-0.39, 0.29) is 5.56 Å². The van der Waals surface area contributed by atoms with Crippen LogP contribution in [0.5, 0.6) is 0 Å². The number of rotatable bonds is 2. The molecule has 0 saturated carbocycles. The molecule has 0 unspecified atom stereocenters. The molecule has 4 atom stereocenters. The van der Waals surface area contributed by atoms with Crippen LogP contribution in [-0.4, -0.2) is 44.8 Å². The molecule has 3 N–H and O–H groups in total. The molecule has 2 rings (SSSR count). The minimum atomic E-state index is -1.79. The second-order valence-electron chi connectivity index (χ2n) is 4.16. The fraction of sp³-hybridized carbons (Fsp3) is 0.600. The summed E-state index contributed by atoms with van der Waals surface area (Å²) in [5, 5.41) is 18.5. The summed E-state index contributed by atoms with van der Waals surface area (Å²) in [7, 11) is 0. The van der Waals surface area contributed by atoms with E-state index in [1.165, 1.54) is 13.1 Å². The standard InChI is InChI=1S/C10H13FN2O5/c1-4-2-13(10(17)12-8(4)16)9-7(15)6(11)5(3-14)18-9/h2,5-7,9,14-15H,3H2,1H3,(H,12,16,17)/t5-,6+,7-,9-/m1/s1/i11-1. The molecule has 100 valence electrons. The van der Waals surface area contributed by atoms with Gasteiger partial charge in [-0.15, -0.1) is 0 Å². The van der Waals surface area contributed by atoms with Crippen LogP contribution in [0.1, 0.15) is 11.8 Å². The third-order valence-electron chi connectivity index (χ3n) is 2.89. The van der Waals surface area contributed by atoms with E-state index in [1.54, 1.807) is 0 Å². The molecule has 8 heteroatoms. The Kier molecular flexibility index (Phi) is 3.33. The van der Waals surface area contributed by atoms with E-state index in [0.717, 1.165) is 4.57 Å². The SMILES string of the molecule is Cc1cn([C@@H]2O[C@H](CO)[C@H]([18F])[C@H]2O)c(=O)[nH]c1=O. The van der Waals surface area contributed by atoms with E-state index < -0.39 is 42.5 Å². The Balaban J connectivity index is 2.42. The van der Waals surface area contributed by atoms with Crippen LogP contribution in [0, 0.1) is 6.92 Å². The van der Waals surface area contributed by atoms with E-state index in [1.807, 2.05) is 4.98 Å². The molecule has 1 aliphatic heterocycles. The van der Waals surface area contributed by atoms with Crippen LogP contribution in [0.25, 0.3) is 0 Å². The highest BCUT2D eigenvalue weighted by atomic mass is 18.2. The molecule has 1 fully saturated rings. The van der Waals surface area contributed by atoms with Gasteiger partial charge in [0.25, 0.3) is 5.56 Å². The van der Waals surface area contributed by atoms with Crippen molar-refractivity contribution in [3.8, 4) is 0 Å². The average molecular weight is 259 g/mol. The smallest absolute Gasteiger partial charge is 0.330 e. The highest BCUT2D eigenvalue weighted by molar-refractivity contribution is 5.03. The van der Waals surface area contributed by atoms with Crippen LogP contribution in [0.15, 0.2) is 15.8 Å². The summed E-state index contributed by atoms with van der Waals surface area (Å²) in [5.41, 5.74) is -1.13. The molecular weight excluding hydrogens is 246 g/mol. The molecule has 1 saturated heterocycles. The Hall–Kier alpha value is -1.51. The van der Waals surface area contributed by atoms with Gasteiger partial charge in [0.1, 0.15) is 12.2 Å². The molecule has 1 aromatic heterocycles. The number of nitrogens with zero attached hydrogens (tertiary/aromatic N) is 1. The Morgan fingerprint density at radius 1 is 1.56 bits per heavy atom. The highest BCUT2D eigenvalue weighted by Crippen LogP contribution is 2.30. The molecule has 2 heterocycles. The third kappa shape index (κ3) is 1.98. The fourth-order valence-electron chi connectivity index (χ4n) is 1.86. The van der Waals surface area contributed by atoms with Crippen LogP contribution in [0.4, 0.5) is 4.39 Å². The number of ether oxygens (including phenoxy) is 1. The van der Waals surface area contributed by atoms with Gasteiger partial charge in [-0.1, -0.05) is 0 Å².